The Morgan fingerprint density at radius 1 is 1.37 bits per heavy atom. The Morgan fingerprint density at radius 2 is 2.00 bits per heavy atom. The minimum absolute atomic E-state index is 0.109. The molecule has 19 heavy (non-hydrogen) atoms. The molecule has 8 heteroatoms. The van der Waals surface area contributed by atoms with Crippen LogP contribution in [0.2, 0.25) is 0 Å². The zero-order valence-electron chi connectivity index (χ0n) is 9.78. The molecule has 1 aliphatic heterocycles. The number of nitro benzene ring substituents is 1. The van der Waals surface area contributed by atoms with Crippen molar-refractivity contribution in [3.8, 4) is 0 Å². The summed E-state index contributed by atoms with van der Waals surface area (Å²) in [5, 5.41) is 15.6. The van der Waals surface area contributed by atoms with Gasteiger partial charge in [0.1, 0.15) is 5.69 Å². The van der Waals surface area contributed by atoms with Crippen molar-refractivity contribution in [1.29, 1.82) is 0 Å². The van der Waals surface area contributed by atoms with Crippen molar-refractivity contribution in [3.05, 3.63) is 33.9 Å². The largest absolute Gasteiger partial charge is 0.376 e. The number of carbonyl (C=O) groups is 1. The maximum atomic E-state index is 13.6. The highest BCUT2D eigenvalue weighted by Gasteiger charge is 2.22. The molecule has 2 N–H and O–H groups in total. The number of anilines is 1. The van der Waals surface area contributed by atoms with Crippen molar-refractivity contribution < 1.29 is 18.5 Å². The number of hydrogen-bond donors (Lipinski definition) is 2. The molecular formula is C11H11F2N3O3. The van der Waals surface area contributed by atoms with Crippen molar-refractivity contribution in [2.45, 2.75) is 18.9 Å². The van der Waals surface area contributed by atoms with E-state index >= 15 is 0 Å². The third-order valence-electron chi connectivity index (χ3n) is 2.85. The molecular weight excluding hydrogens is 260 g/mol. The van der Waals surface area contributed by atoms with Gasteiger partial charge in [0.15, 0.2) is 11.6 Å². The van der Waals surface area contributed by atoms with Gasteiger partial charge in [0.2, 0.25) is 5.91 Å². The summed E-state index contributed by atoms with van der Waals surface area (Å²) in [6.45, 7) is 0.259. The van der Waals surface area contributed by atoms with E-state index in [0.717, 1.165) is 0 Å². The number of nitrogens with zero attached hydrogens (tertiary/aromatic N) is 1. The Hall–Kier alpha value is -2.25. The fourth-order valence-electron chi connectivity index (χ4n) is 1.86. The molecule has 1 heterocycles. The highest BCUT2D eigenvalue weighted by Crippen LogP contribution is 2.26. The van der Waals surface area contributed by atoms with Crippen molar-refractivity contribution in [2.75, 3.05) is 11.9 Å². The number of hydrogen-bond acceptors (Lipinski definition) is 4. The molecule has 1 amide bonds. The maximum absolute atomic E-state index is 13.6. The Bertz CT molecular complexity index is 503. The molecule has 1 saturated heterocycles. The van der Waals surface area contributed by atoms with Gasteiger partial charge in [-0.05, 0) is 6.42 Å². The highest BCUT2D eigenvalue weighted by molar-refractivity contribution is 5.77. The number of benzene rings is 1. The second-order valence-electron chi connectivity index (χ2n) is 4.23. The highest BCUT2D eigenvalue weighted by atomic mass is 19.1. The summed E-state index contributed by atoms with van der Waals surface area (Å²) in [6.07, 6.45) is 0.718. The molecule has 1 aromatic carbocycles. The molecule has 1 aliphatic rings. The Kier molecular flexibility index (Phi) is 3.59. The van der Waals surface area contributed by atoms with Crippen molar-refractivity contribution in [1.82, 2.24) is 5.32 Å². The second-order valence-corrected chi connectivity index (χ2v) is 4.23. The number of carbonyl (C=O) groups excluding carboxylic acids is 1. The summed E-state index contributed by atoms with van der Waals surface area (Å²) in [7, 11) is 0. The minimum atomic E-state index is -1.02. The second kappa shape index (κ2) is 5.17. The van der Waals surface area contributed by atoms with E-state index in [2.05, 4.69) is 10.6 Å². The predicted octanol–water partition coefficient (Wildman–Crippen LogP) is 1.56. The van der Waals surface area contributed by atoms with Gasteiger partial charge in [-0.1, -0.05) is 0 Å². The van der Waals surface area contributed by atoms with Gasteiger partial charge in [-0.3, -0.25) is 14.9 Å². The van der Waals surface area contributed by atoms with Crippen LogP contribution in [0.4, 0.5) is 20.2 Å². The first-order chi connectivity index (χ1) is 8.97. The Balaban J connectivity index is 2.16. The van der Waals surface area contributed by atoms with E-state index in [-0.39, 0.29) is 24.9 Å². The van der Waals surface area contributed by atoms with Crippen molar-refractivity contribution in [2.24, 2.45) is 0 Å². The average Bonchev–Trinajstić information content (AvgIpc) is 2.35. The van der Waals surface area contributed by atoms with E-state index < -0.39 is 27.9 Å². The van der Waals surface area contributed by atoms with E-state index in [1.807, 2.05) is 0 Å². The van der Waals surface area contributed by atoms with E-state index in [0.29, 0.717) is 18.6 Å². The van der Waals surface area contributed by atoms with Crippen LogP contribution in [0.25, 0.3) is 0 Å². The molecule has 1 unspecified atom stereocenters. The third-order valence-corrected chi connectivity index (χ3v) is 2.85. The molecule has 0 radical (unpaired) electrons. The van der Waals surface area contributed by atoms with E-state index in [9.17, 15) is 23.7 Å². The van der Waals surface area contributed by atoms with Crippen molar-refractivity contribution in [3.63, 3.8) is 0 Å². The minimum Gasteiger partial charge on any atom is -0.376 e. The van der Waals surface area contributed by atoms with E-state index in [1.165, 1.54) is 0 Å². The normalized spacial score (nSPS) is 18.8. The van der Waals surface area contributed by atoms with Crippen LogP contribution < -0.4 is 10.6 Å². The number of nitrogens with one attached hydrogen (secondary N) is 2. The smallest absolute Gasteiger partial charge is 0.275 e. The molecule has 0 saturated carbocycles. The first-order valence-corrected chi connectivity index (χ1v) is 5.64. The lowest BCUT2D eigenvalue weighted by atomic mass is 10.1. The molecule has 0 spiro atoms. The number of nitro groups is 1. The molecule has 102 valence electrons. The molecule has 0 aromatic heterocycles. The van der Waals surface area contributed by atoms with Crippen LogP contribution in [0, 0.1) is 21.7 Å². The Labute approximate surface area is 106 Å². The zero-order chi connectivity index (χ0) is 14.0. The molecule has 0 aliphatic carbocycles. The number of rotatable bonds is 3. The summed E-state index contributed by atoms with van der Waals surface area (Å²) in [6, 6.07) is 1.02. The van der Waals surface area contributed by atoms with Gasteiger partial charge in [0, 0.05) is 19.0 Å². The molecule has 1 fully saturated rings. The van der Waals surface area contributed by atoms with Crippen LogP contribution in [-0.2, 0) is 4.79 Å². The van der Waals surface area contributed by atoms with Crippen LogP contribution in [0.5, 0.6) is 0 Å². The maximum Gasteiger partial charge on any atom is 0.275 e. The van der Waals surface area contributed by atoms with Gasteiger partial charge in [-0.2, -0.15) is 0 Å². The monoisotopic (exact) mass is 271 g/mol. The quantitative estimate of drug-likeness (QED) is 0.645. The first-order valence-electron chi connectivity index (χ1n) is 5.64. The van der Waals surface area contributed by atoms with Gasteiger partial charge in [0.25, 0.3) is 5.69 Å². The van der Waals surface area contributed by atoms with Crippen LogP contribution in [0.15, 0.2) is 12.1 Å². The van der Waals surface area contributed by atoms with Crippen LogP contribution >= 0.6 is 0 Å². The fourth-order valence-corrected chi connectivity index (χ4v) is 1.86. The van der Waals surface area contributed by atoms with Crippen LogP contribution in [0.1, 0.15) is 12.8 Å². The lowest BCUT2D eigenvalue weighted by Gasteiger charge is -2.24. The Morgan fingerprint density at radius 3 is 2.47 bits per heavy atom. The lowest BCUT2D eigenvalue weighted by molar-refractivity contribution is -0.385. The summed E-state index contributed by atoms with van der Waals surface area (Å²) >= 11 is 0. The SMILES string of the molecule is O=C1CCC(Nc2c(F)cc([N+](=O)[O-])cc2F)CN1. The first kappa shape index (κ1) is 13.2. The number of halogens is 2. The van der Waals surface area contributed by atoms with Gasteiger partial charge in [-0.25, -0.2) is 8.78 Å². The topological polar surface area (TPSA) is 84.3 Å². The molecule has 1 aromatic rings. The zero-order valence-corrected chi connectivity index (χ0v) is 9.78. The fraction of sp³-hybridized carbons (Fsp3) is 0.364. The number of non-ortho nitro benzene ring substituents is 1. The summed E-state index contributed by atoms with van der Waals surface area (Å²) in [5.41, 5.74) is -1.05. The summed E-state index contributed by atoms with van der Waals surface area (Å²) < 4.78 is 27.2. The molecule has 2 rings (SSSR count). The van der Waals surface area contributed by atoms with Crippen LogP contribution in [-0.4, -0.2) is 23.4 Å². The van der Waals surface area contributed by atoms with Crippen molar-refractivity contribution >= 4 is 17.3 Å². The molecule has 6 nitrogen and oxygen atoms in total. The third kappa shape index (κ3) is 2.95. The number of piperidine rings is 1. The van der Waals surface area contributed by atoms with Crippen LogP contribution in [0.3, 0.4) is 0 Å². The van der Waals surface area contributed by atoms with Gasteiger partial charge < -0.3 is 10.6 Å². The van der Waals surface area contributed by atoms with Gasteiger partial charge in [-0.15, -0.1) is 0 Å². The number of amides is 1. The lowest BCUT2D eigenvalue weighted by Crippen LogP contribution is -2.42. The average molecular weight is 271 g/mol. The molecule has 1 atom stereocenters. The predicted molar refractivity (Wildman–Crippen MR) is 62.7 cm³/mol. The van der Waals surface area contributed by atoms with E-state index in [1.54, 1.807) is 0 Å². The summed E-state index contributed by atoms with van der Waals surface area (Å²) in [4.78, 5) is 20.5. The standard InChI is InChI=1S/C11H11F2N3O3/c12-8-3-7(16(18)19)4-9(13)11(8)15-6-1-2-10(17)14-5-6/h3-4,6,15H,1-2,5H2,(H,14,17). The van der Waals surface area contributed by atoms with Gasteiger partial charge in [0.05, 0.1) is 17.1 Å². The van der Waals surface area contributed by atoms with Gasteiger partial charge >= 0.3 is 0 Å². The summed E-state index contributed by atoms with van der Waals surface area (Å²) in [5.74, 6) is -2.16. The van der Waals surface area contributed by atoms with E-state index in [4.69, 9.17) is 0 Å². The molecule has 0 bridgehead atoms.